The SMILES string of the molecule is CC1(CSc2nc3ccccc3s2)SC2CC(=O)N2C1C(=O)OCc1ccc([N+](=O)[O-])cc1. The van der Waals surface area contributed by atoms with Crippen molar-refractivity contribution in [3.63, 3.8) is 0 Å². The van der Waals surface area contributed by atoms with Crippen LogP contribution in [0.5, 0.6) is 0 Å². The molecule has 5 rings (SSSR count). The second-order valence-electron chi connectivity index (χ2n) is 8.06. The number of β-lactam (4-membered cyclic amide) rings is 1. The molecule has 2 aliphatic heterocycles. The Kier molecular flexibility index (Phi) is 5.79. The molecular weight excluding hydrogens is 482 g/mol. The number of carbonyl (C=O) groups is 2. The molecule has 0 saturated carbocycles. The Hall–Kier alpha value is -2.63. The molecule has 33 heavy (non-hydrogen) atoms. The number of para-hydroxylation sites is 1. The molecule has 3 heterocycles. The zero-order chi connectivity index (χ0) is 23.2. The highest BCUT2D eigenvalue weighted by Crippen LogP contribution is 2.53. The zero-order valence-corrected chi connectivity index (χ0v) is 20.0. The summed E-state index contributed by atoms with van der Waals surface area (Å²) in [6.07, 6.45) is 0.429. The van der Waals surface area contributed by atoms with Crippen LogP contribution in [0.2, 0.25) is 0 Å². The zero-order valence-electron chi connectivity index (χ0n) is 17.5. The first-order valence-corrected chi connectivity index (χ1v) is 12.9. The van der Waals surface area contributed by atoms with Gasteiger partial charge in [-0.1, -0.05) is 23.9 Å². The lowest BCUT2D eigenvalue weighted by atomic mass is 9.98. The number of non-ortho nitro benzene ring substituents is 1. The predicted molar refractivity (Wildman–Crippen MR) is 128 cm³/mol. The number of carbonyl (C=O) groups excluding carboxylic acids is 2. The molecule has 2 aliphatic rings. The number of thiazole rings is 1. The summed E-state index contributed by atoms with van der Waals surface area (Å²) in [5.74, 6) is 0.108. The van der Waals surface area contributed by atoms with Crippen LogP contribution in [0.15, 0.2) is 52.9 Å². The minimum atomic E-state index is -0.686. The van der Waals surface area contributed by atoms with E-state index in [9.17, 15) is 19.7 Å². The van der Waals surface area contributed by atoms with Gasteiger partial charge < -0.3 is 9.64 Å². The number of fused-ring (bicyclic) bond motifs is 2. The molecule has 0 radical (unpaired) electrons. The Morgan fingerprint density at radius 1 is 1.30 bits per heavy atom. The van der Waals surface area contributed by atoms with Crippen LogP contribution in [-0.4, -0.2) is 48.6 Å². The number of nitrogens with zero attached hydrogens (tertiary/aromatic N) is 3. The molecule has 1 aromatic heterocycles. The third-order valence-electron chi connectivity index (χ3n) is 5.72. The Balaban J connectivity index is 1.29. The fraction of sp³-hybridized carbons (Fsp3) is 0.318. The van der Waals surface area contributed by atoms with Crippen LogP contribution >= 0.6 is 34.9 Å². The fourth-order valence-corrected chi connectivity index (χ4v) is 8.12. The third kappa shape index (κ3) is 4.20. The maximum absolute atomic E-state index is 13.1. The van der Waals surface area contributed by atoms with E-state index in [0.717, 1.165) is 14.6 Å². The van der Waals surface area contributed by atoms with Gasteiger partial charge >= 0.3 is 5.97 Å². The van der Waals surface area contributed by atoms with Crippen LogP contribution < -0.4 is 0 Å². The summed E-state index contributed by atoms with van der Waals surface area (Å²) in [4.78, 5) is 42.1. The van der Waals surface area contributed by atoms with E-state index in [-0.39, 0.29) is 23.6 Å². The van der Waals surface area contributed by atoms with Crippen molar-refractivity contribution in [2.45, 2.75) is 40.5 Å². The largest absolute Gasteiger partial charge is 0.459 e. The Labute approximate surface area is 201 Å². The number of ether oxygens (including phenoxy) is 1. The van der Waals surface area contributed by atoms with Crippen LogP contribution in [-0.2, 0) is 20.9 Å². The van der Waals surface area contributed by atoms with E-state index in [1.165, 1.54) is 12.1 Å². The van der Waals surface area contributed by atoms with E-state index in [1.807, 2.05) is 31.2 Å². The summed E-state index contributed by atoms with van der Waals surface area (Å²) >= 11 is 4.85. The lowest BCUT2D eigenvalue weighted by molar-refractivity contribution is -0.384. The van der Waals surface area contributed by atoms with Crippen molar-refractivity contribution in [3.05, 3.63) is 64.2 Å². The van der Waals surface area contributed by atoms with Crippen molar-refractivity contribution in [3.8, 4) is 0 Å². The predicted octanol–water partition coefficient (Wildman–Crippen LogP) is 4.47. The Morgan fingerprint density at radius 2 is 2.06 bits per heavy atom. The van der Waals surface area contributed by atoms with Crippen LogP contribution in [0.1, 0.15) is 18.9 Å². The number of thioether (sulfide) groups is 2. The quantitative estimate of drug-likeness (QED) is 0.154. The van der Waals surface area contributed by atoms with Crippen LogP contribution in [0.4, 0.5) is 5.69 Å². The summed E-state index contributed by atoms with van der Waals surface area (Å²) in [6.45, 7) is 1.99. The molecule has 2 aromatic carbocycles. The summed E-state index contributed by atoms with van der Waals surface area (Å²) in [5.41, 5.74) is 1.58. The topological polar surface area (TPSA) is 103 Å². The molecule has 170 valence electrons. The average Bonchev–Trinajstić information content (AvgIpc) is 3.32. The normalized spacial score (nSPS) is 23.9. The highest BCUT2D eigenvalue weighted by molar-refractivity contribution is 8.05. The summed E-state index contributed by atoms with van der Waals surface area (Å²) < 4.78 is 7.09. The van der Waals surface area contributed by atoms with E-state index < -0.39 is 21.7 Å². The number of amides is 1. The number of aromatic nitrogens is 1. The number of benzene rings is 2. The first-order valence-electron chi connectivity index (χ1n) is 10.2. The van der Waals surface area contributed by atoms with Crippen molar-refractivity contribution in [2.75, 3.05) is 5.75 Å². The molecule has 3 atom stereocenters. The van der Waals surface area contributed by atoms with Crippen molar-refractivity contribution >= 4 is 62.6 Å². The van der Waals surface area contributed by atoms with Gasteiger partial charge in [0.25, 0.3) is 5.69 Å². The van der Waals surface area contributed by atoms with E-state index in [0.29, 0.717) is 17.7 Å². The van der Waals surface area contributed by atoms with Gasteiger partial charge in [0, 0.05) is 17.9 Å². The van der Waals surface area contributed by atoms with E-state index in [4.69, 9.17) is 4.74 Å². The van der Waals surface area contributed by atoms with E-state index in [2.05, 4.69) is 4.98 Å². The number of nitro groups is 1. The summed E-state index contributed by atoms with van der Waals surface area (Å²) in [5, 5.41) is 10.8. The van der Waals surface area contributed by atoms with Gasteiger partial charge in [-0.05, 0) is 36.8 Å². The smallest absolute Gasteiger partial charge is 0.330 e. The number of esters is 1. The first kappa shape index (κ1) is 22.2. The second-order valence-corrected chi connectivity index (χ2v) is 12.0. The molecule has 8 nitrogen and oxygen atoms in total. The van der Waals surface area contributed by atoms with Gasteiger partial charge in [0.1, 0.15) is 12.6 Å². The highest BCUT2D eigenvalue weighted by Gasteiger charge is 2.61. The minimum Gasteiger partial charge on any atom is -0.459 e. The molecule has 2 saturated heterocycles. The second kappa shape index (κ2) is 8.62. The number of hydrogen-bond donors (Lipinski definition) is 0. The van der Waals surface area contributed by atoms with Crippen LogP contribution in [0.3, 0.4) is 0 Å². The lowest BCUT2D eigenvalue weighted by Crippen LogP contribution is -2.58. The standard InChI is InChI=1S/C22H19N3O5S3/c1-22(12-31-21-23-15-4-2-3-5-16(15)32-21)19(24-17(26)10-18(24)33-22)20(27)30-11-13-6-8-14(9-7-13)25(28)29/h2-9,18-19H,10-12H2,1H3. The molecule has 2 fully saturated rings. The third-order valence-corrected chi connectivity index (χ3v) is 9.99. The molecule has 0 aliphatic carbocycles. The van der Waals surface area contributed by atoms with Gasteiger partial charge in [-0.15, -0.1) is 23.1 Å². The number of hydrogen-bond acceptors (Lipinski definition) is 9. The molecule has 3 unspecified atom stereocenters. The van der Waals surface area contributed by atoms with E-state index in [1.54, 1.807) is 51.9 Å². The maximum Gasteiger partial charge on any atom is 0.330 e. The van der Waals surface area contributed by atoms with Gasteiger partial charge in [0.05, 0.1) is 31.7 Å². The maximum atomic E-state index is 13.1. The van der Waals surface area contributed by atoms with E-state index >= 15 is 0 Å². The molecular formula is C22H19N3O5S3. The van der Waals surface area contributed by atoms with Crippen molar-refractivity contribution in [1.82, 2.24) is 9.88 Å². The summed E-state index contributed by atoms with van der Waals surface area (Å²) in [6, 6.07) is 13.1. The van der Waals surface area contributed by atoms with Crippen molar-refractivity contribution < 1.29 is 19.2 Å². The summed E-state index contributed by atoms with van der Waals surface area (Å²) in [7, 11) is 0. The molecule has 0 bridgehead atoms. The minimum absolute atomic E-state index is 0.00815. The highest BCUT2D eigenvalue weighted by atomic mass is 32.2. The monoisotopic (exact) mass is 501 g/mol. The fourth-order valence-electron chi connectivity index (χ4n) is 4.02. The Bertz CT molecular complexity index is 1210. The molecule has 0 N–H and O–H groups in total. The van der Waals surface area contributed by atoms with Crippen LogP contribution in [0, 0.1) is 10.1 Å². The number of nitro benzene ring substituents is 1. The van der Waals surface area contributed by atoms with Gasteiger partial charge in [-0.25, -0.2) is 9.78 Å². The first-order chi connectivity index (χ1) is 15.8. The average molecular weight is 502 g/mol. The lowest BCUT2D eigenvalue weighted by Gasteiger charge is -2.37. The Morgan fingerprint density at radius 3 is 2.76 bits per heavy atom. The molecule has 11 heteroatoms. The molecule has 0 spiro atoms. The van der Waals surface area contributed by atoms with Gasteiger partial charge in [0.15, 0.2) is 4.34 Å². The number of rotatable bonds is 7. The van der Waals surface area contributed by atoms with Gasteiger partial charge in [0.2, 0.25) is 5.91 Å². The van der Waals surface area contributed by atoms with Crippen molar-refractivity contribution in [1.29, 1.82) is 0 Å². The molecule has 3 aromatic rings. The molecule has 1 amide bonds. The van der Waals surface area contributed by atoms with Crippen LogP contribution in [0.25, 0.3) is 10.2 Å². The van der Waals surface area contributed by atoms with Gasteiger partial charge in [-0.3, -0.25) is 14.9 Å². The van der Waals surface area contributed by atoms with Gasteiger partial charge in [-0.2, -0.15) is 0 Å². The van der Waals surface area contributed by atoms with Crippen molar-refractivity contribution in [2.24, 2.45) is 0 Å².